The Morgan fingerprint density at radius 1 is 1.45 bits per heavy atom. The van der Waals surface area contributed by atoms with Gasteiger partial charge < -0.3 is 9.88 Å². The van der Waals surface area contributed by atoms with Crippen molar-refractivity contribution in [2.45, 2.75) is 38.6 Å². The summed E-state index contributed by atoms with van der Waals surface area (Å²) in [5, 5.41) is 2.86. The summed E-state index contributed by atoms with van der Waals surface area (Å²) in [6, 6.07) is -0.0170. The van der Waals surface area contributed by atoms with Gasteiger partial charge in [-0.2, -0.15) is 4.31 Å². The maximum atomic E-state index is 12.2. The van der Waals surface area contributed by atoms with E-state index < -0.39 is 10.0 Å². The summed E-state index contributed by atoms with van der Waals surface area (Å²) in [4.78, 5) is 16.3. The summed E-state index contributed by atoms with van der Waals surface area (Å²) in [5.74, 6) is -0.167. The quantitative estimate of drug-likeness (QED) is 0.861. The Hall–Kier alpha value is -1.41. The standard InChI is InChI=1S/C14H24N4O3S/c1-11-13(17(2)10-16-11)14(19)15-8-7-12-6-4-5-9-18(12)22(3,20)21/h10,12H,4-9H2,1-3H3,(H,15,19)/t12-/m0/s1. The lowest BCUT2D eigenvalue weighted by molar-refractivity contribution is 0.0940. The second kappa shape index (κ2) is 6.78. The van der Waals surface area contributed by atoms with Crippen LogP contribution in [0.15, 0.2) is 6.33 Å². The van der Waals surface area contributed by atoms with Gasteiger partial charge in [-0.05, 0) is 26.2 Å². The average molecular weight is 328 g/mol. The van der Waals surface area contributed by atoms with E-state index in [1.807, 2.05) is 0 Å². The summed E-state index contributed by atoms with van der Waals surface area (Å²) in [5.41, 5.74) is 1.24. The van der Waals surface area contributed by atoms with Crippen LogP contribution in [-0.2, 0) is 17.1 Å². The molecule has 2 heterocycles. The molecule has 1 atom stereocenters. The van der Waals surface area contributed by atoms with Crippen LogP contribution in [0.5, 0.6) is 0 Å². The Morgan fingerprint density at radius 3 is 2.77 bits per heavy atom. The molecule has 22 heavy (non-hydrogen) atoms. The van der Waals surface area contributed by atoms with Crippen LogP contribution in [0.4, 0.5) is 0 Å². The molecule has 0 radical (unpaired) electrons. The van der Waals surface area contributed by atoms with Crippen LogP contribution in [0.2, 0.25) is 0 Å². The molecule has 1 N–H and O–H groups in total. The zero-order valence-electron chi connectivity index (χ0n) is 13.4. The van der Waals surface area contributed by atoms with E-state index in [2.05, 4.69) is 10.3 Å². The van der Waals surface area contributed by atoms with Crippen molar-refractivity contribution in [1.29, 1.82) is 0 Å². The molecular formula is C14H24N4O3S. The number of imidazole rings is 1. The number of piperidine rings is 1. The monoisotopic (exact) mass is 328 g/mol. The second-order valence-electron chi connectivity index (χ2n) is 5.86. The Morgan fingerprint density at radius 2 is 2.18 bits per heavy atom. The largest absolute Gasteiger partial charge is 0.351 e. The average Bonchev–Trinajstić information content (AvgIpc) is 2.77. The summed E-state index contributed by atoms with van der Waals surface area (Å²) in [6.45, 7) is 2.83. The topological polar surface area (TPSA) is 84.3 Å². The van der Waals surface area contributed by atoms with Crippen molar-refractivity contribution in [2.24, 2.45) is 7.05 Å². The van der Waals surface area contributed by atoms with Gasteiger partial charge in [0.2, 0.25) is 10.0 Å². The van der Waals surface area contributed by atoms with Gasteiger partial charge in [-0.15, -0.1) is 0 Å². The van der Waals surface area contributed by atoms with Gasteiger partial charge in [-0.3, -0.25) is 4.79 Å². The molecule has 0 spiro atoms. The first-order valence-electron chi connectivity index (χ1n) is 7.53. The minimum atomic E-state index is -3.18. The number of aromatic nitrogens is 2. The van der Waals surface area contributed by atoms with Crippen LogP contribution in [0.3, 0.4) is 0 Å². The number of hydrogen-bond acceptors (Lipinski definition) is 4. The summed E-state index contributed by atoms with van der Waals surface area (Å²) in [6.07, 6.45) is 6.29. The Balaban J connectivity index is 1.91. The number of aryl methyl sites for hydroxylation is 2. The van der Waals surface area contributed by atoms with Gasteiger partial charge in [0.15, 0.2) is 0 Å². The number of carbonyl (C=O) groups excluding carboxylic acids is 1. The molecule has 1 aliphatic rings. The van der Waals surface area contributed by atoms with Gasteiger partial charge in [-0.25, -0.2) is 13.4 Å². The maximum absolute atomic E-state index is 12.2. The van der Waals surface area contributed by atoms with E-state index in [9.17, 15) is 13.2 Å². The molecule has 1 aromatic rings. The van der Waals surface area contributed by atoms with Crippen LogP contribution < -0.4 is 5.32 Å². The van der Waals surface area contributed by atoms with E-state index in [0.29, 0.717) is 30.9 Å². The third-order valence-corrected chi connectivity index (χ3v) is 5.43. The minimum Gasteiger partial charge on any atom is -0.351 e. The predicted molar refractivity (Wildman–Crippen MR) is 84.1 cm³/mol. The molecule has 2 rings (SSSR count). The molecule has 8 heteroatoms. The lowest BCUT2D eigenvalue weighted by Gasteiger charge is -2.33. The first-order chi connectivity index (χ1) is 10.3. The minimum absolute atomic E-state index is 0.0170. The van der Waals surface area contributed by atoms with E-state index >= 15 is 0 Å². The van der Waals surface area contributed by atoms with Gasteiger partial charge in [0.05, 0.1) is 18.3 Å². The first-order valence-corrected chi connectivity index (χ1v) is 9.38. The molecule has 0 aliphatic carbocycles. The van der Waals surface area contributed by atoms with E-state index in [1.165, 1.54) is 6.26 Å². The number of nitrogens with one attached hydrogen (secondary N) is 1. The molecule has 0 unspecified atom stereocenters. The zero-order valence-corrected chi connectivity index (χ0v) is 14.2. The highest BCUT2D eigenvalue weighted by atomic mass is 32.2. The third kappa shape index (κ3) is 3.86. The van der Waals surface area contributed by atoms with Crippen molar-refractivity contribution in [2.75, 3.05) is 19.3 Å². The number of sulfonamides is 1. The van der Waals surface area contributed by atoms with Crippen LogP contribution in [0, 0.1) is 6.92 Å². The van der Waals surface area contributed by atoms with Crippen molar-refractivity contribution in [3.63, 3.8) is 0 Å². The Labute approximate surface area is 131 Å². The van der Waals surface area contributed by atoms with Crippen molar-refractivity contribution in [1.82, 2.24) is 19.2 Å². The fraction of sp³-hybridized carbons (Fsp3) is 0.714. The van der Waals surface area contributed by atoms with Crippen LogP contribution in [-0.4, -0.2) is 53.6 Å². The van der Waals surface area contributed by atoms with E-state index in [0.717, 1.165) is 19.3 Å². The summed E-state index contributed by atoms with van der Waals surface area (Å²) < 4.78 is 26.8. The van der Waals surface area contributed by atoms with Crippen molar-refractivity contribution in [3.05, 3.63) is 17.7 Å². The fourth-order valence-electron chi connectivity index (χ4n) is 3.01. The van der Waals surface area contributed by atoms with Gasteiger partial charge >= 0.3 is 0 Å². The van der Waals surface area contributed by atoms with Crippen molar-refractivity contribution in [3.8, 4) is 0 Å². The van der Waals surface area contributed by atoms with Crippen molar-refractivity contribution < 1.29 is 13.2 Å². The fourth-order valence-corrected chi connectivity index (χ4v) is 4.22. The van der Waals surface area contributed by atoms with Crippen LogP contribution >= 0.6 is 0 Å². The molecule has 1 amide bonds. The third-order valence-electron chi connectivity index (χ3n) is 4.10. The number of carbonyl (C=O) groups is 1. The highest BCUT2D eigenvalue weighted by Gasteiger charge is 2.29. The maximum Gasteiger partial charge on any atom is 0.269 e. The lowest BCUT2D eigenvalue weighted by atomic mass is 10.0. The molecule has 1 aliphatic heterocycles. The number of rotatable bonds is 5. The van der Waals surface area contributed by atoms with Gasteiger partial charge in [0, 0.05) is 26.2 Å². The van der Waals surface area contributed by atoms with Gasteiger partial charge in [0.25, 0.3) is 5.91 Å². The van der Waals surface area contributed by atoms with E-state index in [4.69, 9.17) is 0 Å². The van der Waals surface area contributed by atoms with Gasteiger partial charge in [-0.1, -0.05) is 6.42 Å². The molecule has 124 valence electrons. The van der Waals surface area contributed by atoms with Crippen molar-refractivity contribution >= 4 is 15.9 Å². The van der Waals surface area contributed by atoms with E-state index in [-0.39, 0.29) is 11.9 Å². The first kappa shape index (κ1) is 17.0. The Kier molecular flexibility index (Phi) is 5.23. The number of hydrogen-bond donors (Lipinski definition) is 1. The summed E-state index contributed by atoms with van der Waals surface area (Å²) >= 11 is 0. The SMILES string of the molecule is Cc1ncn(C)c1C(=O)NCC[C@@H]1CCCCN1S(C)(=O)=O. The zero-order chi connectivity index (χ0) is 16.3. The Bertz CT molecular complexity index is 619. The highest BCUT2D eigenvalue weighted by Crippen LogP contribution is 2.21. The number of amides is 1. The predicted octanol–water partition coefficient (Wildman–Crippen LogP) is 0.663. The second-order valence-corrected chi connectivity index (χ2v) is 7.79. The number of nitrogens with zero attached hydrogens (tertiary/aromatic N) is 3. The molecule has 1 fully saturated rings. The molecule has 7 nitrogen and oxygen atoms in total. The highest BCUT2D eigenvalue weighted by molar-refractivity contribution is 7.88. The molecule has 0 bridgehead atoms. The van der Waals surface area contributed by atoms with Crippen LogP contribution in [0.1, 0.15) is 41.9 Å². The molecule has 1 aromatic heterocycles. The molecule has 0 saturated carbocycles. The molecular weight excluding hydrogens is 304 g/mol. The molecule has 1 saturated heterocycles. The van der Waals surface area contributed by atoms with Gasteiger partial charge in [0.1, 0.15) is 5.69 Å². The normalized spacial score (nSPS) is 20.0. The summed E-state index contributed by atoms with van der Waals surface area (Å²) in [7, 11) is -1.40. The lowest BCUT2D eigenvalue weighted by Crippen LogP contribution is -2.44. The van der Waals surface area contributed by atoms with E-state index in [1.54, 1.807) is 29.2 Å². The molecule has 0 aromatic carbocycles. The van der Waals surface area contributed by atoms with Crippen LogP contribution in [0.25, 0.3) is 0 Å². The smallest absolute Gasteiger partial charge is 0.269 e.